The van der Waals surface area contributed by atoms with E-state index in [0.717, 1.165) is 42.2 Å². The summed E-state index contributed by atoms with van der Waals surface area (Å²) in [6.07, 6.45) is 3.78. The molecule has 1 atom stereocenters. The average Bonchev–Trinajstić information content (AvgIpc) is 2.56. The van der Waals surface area contributed by atoms with Gasteiger partial charge in [-0.1, -0.05) is 35.3 Å². The molecule has 23 heavy (non-hydrogen) atoms. The highest BCUT2D eigenvalue weighted by molar-refractivity contribution is 6.30. The Morgan fingerprint density at radius 3 is 2.30 bits per heavy atom. The number of hydrogen-bond acceptors (Lipinski definition) is 3. The fourth-order valence-corrected chi connectivity index (χ4v) is 3.05. The van der Waals surface area contributed by atoms with E-state index in [9.17, 15) is 0 Å². The zero-order valence-corrected chi connectivity index (χ0v) is 14.6. The molecule has 1 saturated heterocycles. The molecular weight excluding hydrogens is 331 g/mol. The molecule has 1 aromatic carbocycles. The van der Waals surface area contributed by atoms with Gasteiger partial charge in [-0.05, 0) is 49.7 Å². The van der Waals surface area contributed by atoms with E-state index in [1.54, 1.807) is 6.20 Å². The van der Waals surface area contributed by atoms with Gasteiger partial charge >= 0.3 is 0 Å². The van der Waals surface area contributed by atoms with Gasteiger partial charge in [-0.2, -0.15) is 0 Å². The van der Waals surface area contributed by atoms with Crippen LogP contribution >= 0.6 is 23.2 Å². The van der Waals surface area contributed by atoms with Crippen molar-refractivity contribution in [2.45, 2.75) is 25.0 Å². The van der Waals surface area contributed by atoms with E-state index in [2.05, 4.69) is 16.9 Å². The van der Waals surface area contributed by atoms with Gasteiger partial charge in [-0.25, -0.2) is 0 Å². The van der Waals surface area contributed by atoms with Crippen molar-refractivity contribution in [3.05, 3.63) is 63.9 Å². The van der Waals surface area contributed by atoms with Crippen molar-refractivity contribution in [1.82, 2.24) is 9.88 Å². The molecule has 1 aliphatic rings. The molecule has 3 nitrogen and oxygen atoms in total. The molecule has 1 fully saturated rings. The Hall–Kier alpha value is -1.13. The summed E-state index contributed by atoms with van der Waals surface area (Å²) in [4.78, 5) is 6.79. The van der Waals surface area contributed by atoms with Gasteiger partial charge in [0.1, 0.15) is 6.10 Å². The van der Waals surface area contributed by atoms with Crippen LogP contribution in [-0.4, -0.2) is 36.1 Å². The molecule has 0 bridgehead atoms. The minimum atomic E-state index is -0.196. The Kier molecular flexibility index (Phi) is 5.54. The van der Waals surface area contributed by atoms with Gasteiger partial charge in [-0.3, -0.25) is 4.98 Å². The third-order valence-electron chi connectivity index (χ3n) is 4.19. The van der Waals surface area contributed by atoms with E-state index >= 15 is 0 Å². The number of likely N-dealkylation sites (tertiary alicyclic amines) is 1. The standard InChI is InChI=1S/C18H20Cl2N2O/c1-22-10-8-16(9-11-22)23-18(13-2-4-14(19)5-3-13)17-7-6-15(20)12-21-17/h2-7,12,16,18H,8-11H2,1H3. The van der Waals surface area contributed by atoms with E-state index in [1.165, 1.54) is 0 Å². The maximum absolute atomic E-state index is 6.42. The first-order valence-electron chi connectivity index (χ1n) is 7.83. The van der Waals surface area contributed by atoms with Crippen LogP contribution in [-0.2, 0) is 4.74 Å². The number of piperidine rings is 1. The Labute approximate surface area is 147 Å². The van der Waals surface area contributed by atoms with Crippen LogP contribution < -0.4 is 0 Å². The van der Waals surface area contributed by atoms with Crippen molar-refractivity contribution in [3.63, 3.8) is 0 Å². The largest absolute Gasteiger partial charge is 0.364 e. The topological polar surface area (TPSA) is 25.4 Å². The lowest BCUT2D eigenvalue weighted by Gasteiger charge is -2.32. The Morgan fingerprint density at radius 1 is 1.04 bits per heavy atom. The van der Waals surface area contributed by atoms with Gasteiger partial charge < -0.3 is 9.64 Å². The van der Waals surface area contributed by atoms with Gasteiger partial charge in [0.2, 0.25) is 0 Å². The molecule has 0 amide bonds. The number of ether oxygens (including phenoxy) is 1. The van der Waals surface area contributed by atoms with Gasteiger partial charge in [0.15, 0.2) is 0 Å². The smallest absolute Gasteiger partial charge is 0.125 e. The zero-order valence-electron chi connectivity index (χ0n) is 13.1. The van der Waals surface area contributed by atoms with E-state index in [-0.39, 0.29) is 12.2 Å². The van der Waals surface area contributed by atoms with Crippen molar-refractivity contribution in [1.29, 1.82) is 0 Å². The molecule has 1 unspecified atom stereocenters. The predicted molar refractivity (Wildman–Crippen MR) is 94.1 cm³/mol. The summed E-state index contributed by atoms with van der Waals surface area (Å²) >= 11 is 12.0. The molecule has 0 spiro atoms. The lowest BCUT2D eigenvalue weighted by Crippen LogP contribution is -2.35. The van der Waals surface area contributed by atoms with E-state index < -0.39 is 0 Å². The Morgan fingerprint density at radius 2 is 1.70 bits per heavy atom. The molecular formula is C18H20Cl2N2O. The number of rotatable bonds is 4. The van der Waals surface area contributed by atoms with Crippen molar-refractivity contribution in [3.8, 4) is 0 Å². The summed E-state index contributed by atoms with van der Waals surface area (Å²) < 4.78 is 6.42. The molecule has 0 N–H and O–H groups in total. The third-order valence-corrected chi connectivity index (χ3v) is 4.66. The predicted octanol–water partition coefficient (Wildman–Crippen LogP) is 4.59. The van der Waals surface area contributed by atoms with Crippen LogP contribution in [0.3, 0.4) is 0 Å². The lowest BCUT2D eigenvalue weighted by molar-refractivity contribution is -0.0250. The highest BCUT2D eigenvalue weighted by Crippen LogP contribution is 2.30. The van der Waals surface area contributed by atoms with Crippen LogP contribution in [0.15, 0.2) is 42.6 Å². The van der Waals surface area contributed by atoms with Crippen molar-refractivity contribution >= 4 is 23.2 Å². The molecule has 0 saturated carbocycles. The zero-order chi connectivity index (χ0) is 16.2. The molecule has 1 aromatic heterocycles. The van der Waals surface area contributed by atoms with Crippen LogP contribution in [0.1, 0.15) is 30.2 Å². The summed E-state index contributed by atoms with van der Waals surface area (Å²) in [5, 5.41) is 1.35. The summed E-state index contributed by atoms with van der Waals surface area (Å²) in [7, 11) is 2.15. The minimum Gasteiger partial charge on any atom is -0.364 e. The summed E-state index contributed by atoms with van der Waals surface area (Å²) in [5.41, 5.74) is 1.93. The SMILES string of the molecule is CN1CCC(OC(c2ccc(Cl)cc2)c2ccc(Cl)cn2)CC1. The molecule has 1 aliphatic heterocycles. The number of benzene rings is 1. The molecule has 5 heteroatoms. The van der Waals surface area contributed by atoms with Crippen molar-refractivity contribution in [2.75, 3.05) is 20.1 Å². The first kappa shape index (κ1) is 16.7. The van der Waals surface area contributed by atoms with Crippen LogP contribution in [0.5, 0.6) is 0 Å². The first-order chi connectivity index (χ1) is 11.1. The van der Waals surface area contributed by atoms with Crippen molar-refractivity contribution in [2.24, 2.45) is 0 Å². The summed E-state index contributed by atoms with van der Waals surface area (Å²) in [6.45, 7) is 2.12. The monoisotopic (exact) mass is 350 g/mol. The Bertz CT molecular complexity index is 577. The maximum Gasteiger partial charge on any atom is 0.125 e. The second-order valence-electron chi connectivity index (χ2n) is 5.97. The second kappa shape index (κ2) is 7.63. The quantitative estimate of drug-likeness (QED) is 0.806. The highest BCUT2D eigenvalue weighted by atomic mass is 35.5. The van der Waals surface area contributed by atoms with Crippen molar-refractivity contribution < 1.29 is 4.74 Å². The summed E-state index contributed by atoms with van der Waals surface area (Å²) in [5.74, 6) is 0. The molecule has 0 aliphatic carbocycles. The molecule has 122 valence electrons. The fraction of sp³-hybridized carbons (Fsp3) is 0.389. The van der Waals surface area contributed by atoms with E-state index in [4.69, 9.17) is 27.9 Å². The lowest BCUT2D eigenvalue weighted by atomic mass is 10.0. The van der Waals surface area contributed by atoms with Gasteiger partial charge in [0.25, 0.3) is 0 Å². The number of pyridine rings is 1. The van der Waals surface area contributed by atoms with Crippen LogP contribution in [0.25, 0.3) is 0 Å². The maximum atomic E-state index is 6.42. The molecule has 3 rings (SSSR count). The summed E-state index contributed by atoms with van der Waals surface area (Å²) in [6, 6.07) is 11.5. The van der Waals surface area contributed by atoms with Crippen LogP contribution in [0.2, 0.25) is 10.0 Å². The average molecular weight is 351 g/mol. The number of nitrogens with zero attached hydrogens (tertiary/aromatic N) is 2. The Balaban J connectivity index is 1.83. The van der Waals surface area contributed by atoms with Gasteiger partial charge in [-0.15, -0.1) is 0 Å². The number of hydrogen-bond donors (Lipinski definition) is 0. The fourth-order valence-electron chi connectivity index (χ4n) is 2.81. The van der Waals surface area contributed by atoms with Crippen LogP contribution in [0.4, 0.5) is 0 Å². The minimum absolute atomic E-state index is 0.196. The highest BCUT2D eigenvalue weighted by Gasteiger charge is 2.24. The van der Waals surface area contributed by atoms with Gasteiger partial charge in [0, 0.05) is 24.3 Å². The van der Waals surface area contributed by atoms with E-state index in [1.807, 2.05) is 36.4 Å². The molecule has 2 aromatic rings. The van der Waals surface area contributed by atoms with Gasteiger partial charge in [0.05, 0.1) is 16.8 Å². The van der Waals surface area contributed by atoms with E-state index in [0.29, 0.717) is 5.02 Å². The normalized spacial score (nSPS) is 18.0. The van der Waals surface area contributed by atoms with Crippen LogP contribution in [0, 0.1) is 0 Å². The first-order valence-corrected chi connectivity index (χ1v) is 8.58. The number of aromatic nitrogens is 1. The third kappa shape index (κ3) is 4.45. The second-order valence-corrected chi connectivity index (χ2v) is 6.84. The molecule has 0 radical (unpaired) electrons. The molecule has 2 heterocycles. The number of halogens is 2.